The maximum atomic E-state index is 5.72. The Morgan fingerprint density at radius 1 is 1.10 bits per heavy atom. The normalized spacial score (nSPS) is 12.3. The monoisotopic (exact) mass is 269 g/mol. The summed E-state index contributed by atoms with van der Waals surface area (Å²) in [5.41, 5.74) is 8.36. The van der Waals surface area contributed by atoms with Crippen molar-refractivity contribution in [3.63, 3.8) is 0 Å². The molecule has 0 radical (unpaired) electrons. The van der Waals surface area contributed by atoms with E-state index in [1.807, 2.05) is 12.4 Å². The number of nitrogens with one attached hydrogen (secondary N) is 1. The highest BCUT2D eigenvalue weighted by Crippen LogP contribution is 2.17. The lowest BCUT2D eigenvalue weighted by Gasteiger charge is -2.18. The minimum Gasteiger partial charge on any atom is -0.271 e. The van der Waals surface area contributed by atoms with Gasteiger partial charge in [0.15, 0.2) is 0 Å². The van der Waals surface area contributed by atoms with Crippen molar-refractivity contribution in [2.75, 3.05) is 0 Å². The molecule has 1 unspecified atom stereocenters. The Balaban J connectivity index is 1.99. The fourth-order valence-corrected chi connectivity index (χ4v) is 2.55. The van der Waals surface area contributed by atoms with Gasteiger partial charge in [0, 0.05) is 18.4 Å². The Morgan fingerprint density at radius 2 is 1.75 bits per heavy atom. The van der Waals surface area contributed by atoms with Crippen molar-refractivity contribution >= 4 is 0 Å². The van der Waals surface area contributed by atoms with Gasteiger partial charge in [-0.2, -0.15) is 0 Å². The number of benzene rings is 1. The van der Waals surface area contributed by atoms with Crippen LogP contribution < -0.4 is 11.3 Å². The summed E-state index contributed by atoms with van der Waals surface area (Å²) < 4.78 is 0. The minimum absolute atomic E-state index is 0.294. The van der Waals surface area contributed by atoms with Crippen LogP contribution in [0.1, 0.15) is 28.7 Å². The lowest BCUT2D eigenvalue weighted by Crippen LogP contribution is -2.37. The van der Waals surface area contributed by atoms with Gasteiger partial charge in [-0.05, 0) is 67.5 Å². The first-order chi connectivity index (χ1) is 9.70. The third kappa shape index (κ3) is 3.89. The molecule has 2 rings (SSSR count). The number of aryl methyl sites for hydroxylation is 3. The summed E-state index contributed by atoms with van der Waals surface area (Å²) >= 11 is 0. The molecule has 20 heavy (non-hydrogen) atoms. The largest absolute Gasteiger partial charge is 0.271 e. The van der Waals surface area contributed by atoms with Gasteiger partial charge in [-0.3, -0.25) is 16.3 Å². The molecule has 0 aliphatic heterocycles. The van der Waals surface area contributed by atoms with Crippen molar-refractivity contribution in [1.82, 2.24) is 10.4 Å². The first kappa shape index (κ1) is 14.7. The topological polar surface area (TPSA) is 50.9 Å². The molecule has 0 spiro atoms. The quantitative estimate of drug-likeness (QED) is 0.626. The number of rotatable bonds is 6. The van der Waals surface area contributed by atoms with Crippen LogP contribution in [0, 0.1) is 13.8 Å². The molecule has 0 fully saturated rings. The molecule has 3 heteroatoms. The smallest absolute Gasteiger partial charge is 0.0270 e. The number of nitrogens with two attached hydrogens (primary N) is 1. The van der Waals surface area contributed by atoms with Gasteiger partial charge >= 0.3 is 0 Å². The molecule has 0 bridgehead atoms. The summed E-state index contributed by atoms with van der Waals surface area (Å²) in [5.74, 6) is 5.72. The van der Waals surface area contributed by atoms with Crippen molar-refractivity contribution in [2.45, 2.75) is 39.2 Å². The number of pyridine rings is 1. The first-order valence-corrected chi connectivity index (χ1v) is 7.11. The van der Waals surface area contributed by atoms with Crippen molar-refractivity contribution in [3.8, 4) is 0 Å². The molecule has 0 saturated carbocycles. The molecule has 0 amide bonds. The van der Waals surface area contributed by atoms with Gasteiger partial charge in [-0.1, -0.05) is 18.2 Å². The lowest BCUT2D eigenvalue weighted by molar-refractivity contribution is 0.490. The summed E-state index contributed by atoms with van der Waals surface area (Å²) in [7, 11) is 0. The maximum absolute atomic E-state index is 5.72. The molecule has 0 aliphatic carbocycles. The Hall–Kier alpha value is -1.71. The van der Waals surface area contributed by atoms with Gasteiger partial charge in [0.25, 0.3) is 0 Å². The van der Waals surface area contributed by atoms with E-state index in [0.717, 1.165) is 19.3 Å². The van der Waals surface area contributed by atoms with E-state index in [0.29, 0.717) is 6.04 Å². The average Bonchev–Trinajstić information content (AvgIpc) is 2.47. The van der Waals surface area contributed by atoms with Crippen LogP contribution in [-0.2, 0) is 12.8 Å². The lowest BCUT2D eigenvalue weighted by atomic mass is 9.94. The highest BCUT2D eigenvalue weighted by molar-refractivity contribution is 5.34. The summed E-state index contributed by atoms with van der Waals surface area (Å²) in [6.45, 7) is 4.33. The number of aromatic nitrogens is 1. The second-order valence-electron chi connectivity index (χ2n) is 5.33. The summed E-state index contributed by atoms with van der Waals surface area (Å²) in [6.07, 6.45) is 6.69. The summed E-state index contributed by atoms with van der Waals surface area (Å²) in [4.78, 5) is 4.04. The van der Waals surface area contributed by atoms with E-state index in [1.165, 1.54) is 22.3 Å². The molecule has 1 aromatic heterocycles. The molecule has 0 saturated heterocycles. The van der Waals surface area contributed by atoms with Gasteiger partial charge in [0.1, 0.15) is 0 Å². The fourth-order valence-electron chi connectivity index (χ4n) is 2.55. The molecular formula is C17H23N3. The molecule has 1 heterocycles. The predicted molar refractivity (Wildman–Crippen MR) is 83.3 cm³/mol. The molecular weight excluding hydrogens is 246 g/mol. The number of hydrazine groups is 1. The highest BCUT2D eigenvalue weighted by atomic mass is 15.2. The Morgan fingerprint density at radius 3 is 2.35 bits per heavy atom. The van der Waals surface area contributed by atoms with Crippen LogP contribution in [0.5, 0.6) is 0 Å². The number of nitrogens with zero attached hydrogens (tertiary/aromatic N) is 1. The molecule has 0 aliphatic rings. The van der Waals surface area contributed by atoms with Crippen molar-refractivity contribution in [3.05, 3.63) is 65.0 Å². The molecule has 3 N–H and O–H groups in total. The van der Waals surface area contributed by atoms with E-state index in [2.05, 4.69) is 54.6 Å². The van der Waals surface area contributed by atoms with Gasteiger partial charge < -0.3 is 0 Å². The third-order valence-electron chi connectivity index (χ3n) is 3.86. The minimum atomic E-state index is 0.294. The summed E-state index contributed by atoms with van der Waals surface area (Å²) in [5, 5.41) is 0. The molecule has 3 nitrogen and oxygen atoms in total. The number of hydrogen-bond acceptors (Lipinski definition) is 3. The van der Waals surface area contributed by atoms with E-state index in [4.69, 9.17) is 5.84 Å². The third-order valence-corrected chi connectivity index (χ3v) is 3.86. The second kappa shape index (κ2) is 7.17. The van der Waals surface area contributed by atoms with Crippen molar-refractivity contribution in [2.24, 2.45) is 5.84 Å². The zero-order valence-electron chi connectivity index (χ0n) is 12.3. The van der Waals surface area contributed by atoms with E-state index in [1.54, 1.807) is 0 Å². The van der Waals surface area contributed by atoms with Gasteiger partial charge in [0.2, 0.25) is 0 Å². The maximum Gasteiger partial charge on any atom is 0.0270 e. The Kier molecular flexibility index (Phi) is 5.27. The Bertz CT molecular complexity index is 517. The van der Waals surface area contributed by atoms with Crippen LogP contribution in [0.25, 0.3) is 0 Å². The second-order valence-corrected chi connectivity index (χ2v) is 5.33. The van der Waals surface area contributed by atoms with E-state index < -0.39 is 0 Å². The van der Waals surface area contributed by atoms with Crippen molar-refractivity contribution in [1.29, 1.82) is 0 Å². The molecule has 2 aromatic rings. The van der Waals surface area contributed by atoms with E-state index in [-0.39, 0.29) is 0 Å². The van der Waals surface area contributed by atoms with Crippen molar-refractivity contribution < 1.29 is 0 Å². The van der Waals surface area contributed by atoms with Gasteiger partial charge in [-0.25, -0.2) is 0 Å². The zero-order chi connectivity index (χ0) is 14.4. The molecule has 1 aromatic carbocycles. The fraction of sp³-hybridized carbons (Fsp3) is 0.353. The average molecular weight is 269 g/mol. The zero-order valence-corrected chi connectivity index (χ0v) is 12.3. The van der Waals surface area contributed by atoms with E-state index in [9.17, 15) is 0 Å². The van der Waals surface area contributed by atoms with Crippen LogP contribution in [0.3, 0.4) is 0 Å². The Labute approximate surface area is 121 Å². The standard InChI is InChI=1S/C17H23N3/c1-13-4-3-5-14(2)17(13)12-16(20-18)7-6-15-8-10-19-11-9-15/h3-5,8-11,16,20H,6-7,12,18H2,1-2H3. The molecule has 106 valence electrons. The SMILES string of the molecule is Cc1cccc(C)c1CC(CCc1ccncc1)NN. The first-order valence-electron chi connectivity index (χ1n) is 7.11. The van der Waals surface area contributed by atoms with Crippen LogP contribution in [0.4, 0.5) is 0 Å². The van der Waals surface area contributed by atoms with Gasteiger partial charge in [0.05, 0.1) is 0 Å². The summed E-state index contributed by atoms with van der Waals surface area (Å²) in [6, 6.07) is 10.9. The molecule has 1 atom stereocenters. The van der Waals surface area contributed by atoms with E-state index >= 15 is 0 Å². The van der Waals surface area contributed by atoms with Crippen LogP contribution in [0.15, 0.2) is 42.7 Å². The van der Waals surface area contributed by atoms with Crippen LogP contribution in [0.2, 0.25) is 0 Å². The van der Waals surface area contributed by atoms with Gasteiger partial charge in [-0.15, -0.1) is 0 Å². The van der Waals surface area contributed by atoms with Crippen LogP contribution >= 0.6 is 0 Å². The highest BCUT2D eigenvalue weighted by Gasteiger charge is 2.11. The van der Waals surface area contributed by atoms with Crippen LogP contribution in [-0.4, -0.2) is 11.0 Å². The number of hydrogen-bond donors (Lipinski definition) is 2. The predicted octanol–water partition coefficient (Wildman–Crippen LogP) is 2.71.